The lowest BCUT2D eigenvalue weighted by Gasteiger charge is -2.46. The Hall–Kier alpha value is -0.120. The summed E-state index contributed by atoms with van der Waals surface area (Å²) in [5, 5.41) is 3.86. The summed E-state index contributed by atoms with van der Waals surface area (Å²) in [6.45, 7) is 11.2. The fraction of sp³-hybridized carbons (Fsp3) is 1.00. The van der Waals surface area contributed by atoms with E-state index in [4.69, 9.17) is 0 Å². The van der Waals surface area contributed by atoms with Crippen LogP contribution in [0.3, 0.4) is 0 Å². The SMILES string of the molecule is CC1CCCC(CNC2CC2)(CN2CCN(C)C(C)C2)C1. The quantitative estimate of drug-likeness (QED) is 0.840. The second-order valence-corrected chi connectivity index (χ2v) is 8.42. The first kappa shape index (κ1) is 15.8. The fourth-order valence-corrected chi connectivity index (χ4v) is 4.52. The van der Waals surface area contributed by atoms with Gasteiger partial charge in [-0.05, 0) is 51.0 Å². The Morgan fingerprint density at radius 1 is 1.14 bits per heavy atom. The van der Waals surface area contributed by atoms with Gasteiger partial charge < -0.3 is 10.2 Å². The molecule has 3 nitrogen and oxygen atoms in total. The minimum absolute atomic E-state index is 0.551. The smallest absolute Gasteiger partial charge is 0.0192 e. The summed E-state index contributed by atoms with van der Waals surface area (Å²) < 4.78 is 0. The van der Waals surface area contributed by atoms with Gasteiger partial charge in [-0.2, -0.15) is 0 Å². The van der Waals surface area contributed by atoms with Gasteiger partial charge in [-0.25, -0.2) is 0 Å². The van der Waals surface area contributed by atoms with Gasteiger partial charge >= 0.3 is 0 Å². The molecule has 0 bridgehead atoms. The molecular formula is C18H35N3. The lowest BCUT2D eigenvalue weighted by Crippen LogP contribution is -2.55. The molecule has 0 aromatic heterocycles. The van der Waals surface area contributed by atoms with Crippen LogP contribution in [-0.4, -0.2) is 61.7 Å². The minimum Gasteiger partial charge on any atom is -0.313 e. The Morgan fingerprint density at radius 2 is 1.95 bits per heavy atom. The van der Waals surface area contributed by atoms with Crippen LogP contribution < -0.4 is 5.32 Å². The number of hydrogen-bond acceptors (Lipinski definition) is 3. The summed E-state index contributed by atoms with van der Waals surface area (Å²) in [4.78, 5) is 5.27. The van der Waals surface area contributed by atoms with E-state index < -0.39 is 0 Å². The zero-order valence-electron chi connectivity index (χ0n) is 14.4. The van der Waals surface area contributed by atoms with E-state index in [2.05, 4.69) is 36.0 Å². The van der Waals surface area contributed by atoms with Crippen molar-refractivity contribution in [1.82, 2.24) is 15.1 Å². The number of likely N-dealkylation sites (N-methyl/N-ethyl adjacent to an activating group) is 1. The number of piperazine rings is 1. The molecule has 3 fully saturated rings. The molecule has 0 spiro atoms. The van der Waals surface area contributed by atoms with Gasteiger partial charge in [0.05, 0.1) is 0 Å². The second kappa shape index (κ2) is 6.55. The maximum absolute atomic E-state index is 3.86. The molecule has 0 amide bonds. The van der Waals surface area contributed by atoms with Gasteiger partial charge in [0.25, 0.3) is 0 Å². The van der Waals surface area contributed by atoms with Crippen molar-refractivity contribution < 1.29 is 0 Å². The van der Waals surface area contributed by atoms with Crippen LogP contribution in [0.1, 0.15) is 52.4 Å². The summed E-state index contributed by atoms with van der Waals surface area (Å²) in [7, 11) is 2.27. The van der Waals surface area contributed by atoms with Crippen LogP contribution in [0, 0.1) is 11.3 Å². The van der Waals surface area contributed by atoms with E-state index in [0.29, 0.717) is 11.5 Å². The van der Waals surface area contributed by atoms with Crippen molar-refractivity contribution >= 4 is 0 Å². The van der Waals surface area contributed by atoms with E-state index in [1.165, 1.54) is 71.2 Å². The molecule has 1 N–H and O–H groups in total. The molecule has 0 aromatic carbocycles. The Labute approximate surface area is 131 Å². The Morgan fingerprint density at radius 3 is 2.62 bits per heavy atom. The summed E-state index contributed by atoms with van der Waals surface area (Å²) in [6, 6.07) is 1.57. The third kappa shape index (κ3) is 4.20. The van der Waals surface area contributed by atoms with Crippen molar-refractivity contribution in [1.29, 1.82) is 0 Å². The Bertz CT molecular complexity index is 341. The fourth-order valence-electron chi connectivity index (χ4n) is 4.52. The second-order valence-electron chi connectivity index (χ2n) is 8.42. The van der Waals surface area contributed by atoms with Crippen LogP contribution >= 0.6 is 0 Å². The van der Waals surface area contributed by atoms with Crippen molar-refractivity contribution in [2.24, 2.45) is 11.3 Å². The molecule has 3 unspecified atom stereocenters. The van der Waals surface area contributed by atoms with Crippen LogP contribution in [0.15, 0.2) is 0 Å². The molecular weight excluding hydrogens is 258 g/mol. The van der Waals surface area contributed by atoms with Gasteiger partial charge in [0, 0.05) is 44.8 Å². The molecule has 0 radical (unpaired) electrons. The van der Waals surface area contributed by atoms with Gasteiger partial charge in [-0.3, -0.25) is 4.90 Å². The molecule has 1 aliphatic heterocycles. The molecule has 122 valence electrons. The van der Waals surface area contributed by atoms with Crippen molar-refractivity contribution in [3.8, 4) is 0 Å². The van der Waals surface area contributed by atoms with Crippen molar-refractivity contribution in [3.63, 3.8) is 0 Å². The highest BCUT2D eigenvalue weighted by Gasteiger charge is 2.38. The van der Waals surface area contributed by atoms with Gasteiger partial charge in [-0.15, -0.1) is 0 Å². The highest BCUT2D eigenvalue weighted by atomic mass is 15.3. The molecule has 3 atom stereocenters. The van der Waals surface area contributed by atoms with Gasteiger partial charge in [0.15, 0.2) is 0 Å². The van der Waals surface area contributed by atoms with Gasteiger partial charge in [0.1, 0.15) is 0 Å². The predicted octanol–water partition coefficient (Wildman–Crippen LogP) is 2.57. The summed E-state index contributed by atoms with van der Waals surface area (Å²) in [5.41, 5.74) is 0.551. The Balaban J connectivity index is 1.60. The molecule has 1 heterocycles. The summed E-state index contributed by atoms with van der Waals surface area (Å²) >= 11 is 0. The molecule has 2 saturated carbocycles. The largest absolute Gasteiger partial charge is 0.313 e. The zero-order valence-corrected chi connectivity index (χ0v) is 14.4. The van der Waals surface area contributed by atoms with Crippen LogP contribution in [0.2, 0.25) is 0 Å². The first-order valence-electron chi connectivity index (χ1n) is 9.22. The standard InChI is InChI=1S/C18H35N3/c1-15-5-4-8-18(11-15,13-19-17-6-7-17)14-21-10-9-20(3)16(2)12-21/h15-17,19H,4-14H2,1-3H3. The van der Waals surface area contributed by atoms with Crippen molar-refractivity contribution in [2.45, 2.75) is 64.5 Å². The molecule has 3 rings (SSSR count). The highest BCUT2D eigenvalue weighted by Crippen LogP contribution is 2.40. The zero-order chi connectivity index (χ0) is 14.9. The maximum Gasteiger partial charge on any atom is 0.0192 e. The first-order chi connectivity index (χ1) is 10.1. The summed E-state index contributed by atoms with van der Waals surface area (Å²) in [5.74, 6) is 0.921. The van der Waals surface area contributed by atoms with Crippen molar-refractivity contribution in [2.75, 3.05) is 39.8 Å². The minimum atomic E-state index is 0.551. The van der Waals surface area contributed by atoms with E-state index in [-0.39, 0.29) is 0 Å². The summed E-state index contributed by atoms with van der Waals surface area (Å²) in [6.07, 6.45) is 8.60. The van der Waals surface area contributed by atoms with E-state index >= 15 is 0 Å². The maximum atomic E-state index is 3.86. The van der Waals surface area contributed by atoms with E-state index in [1.807, 2.05) is 0 Å². The van der Waals surface area contributed by atoms with Crippen molar-refractivity contribution in [3.05, 3.63) is 0 Å². The number of rotatable bonds is 5. The number of nitrogens with zero attached hydrogens (tertiary/aromatic N) is 2. The van der Waals surface area contributed by atoms with Crippen LogP contribution in [-0.2, 0) is 0 Å². The number of nitrogens with one attached hydrogen (secondary N) is 1. The van der Waals surface area contributed by atoms with Crippen LogP contribution in [0.25, 0.3) is 0 Å². The normalized spacial score (nSPS) is 39.6. The third-order valence-corrected chi connectivity index (χ3v) is 6.13. The highest BCUT2D eigenvalue weighted by molar-refractivity contribution is 4.94. The molecule has 21 heavy (non-hydrogen) atoms. The lowest BCUT2D eigenvalue weighted by molar-refractivity contribution is 0.0361. The topological polar surface area (TPSA) is 18.5 Å². The van der Waals surface area contributed by atoms with Gasteiger partial charge in [0.2, 0.25) is 0 Å². The van der Waals surface area contributed by atoms with E-state index in [0.717, 1.165) is 12.0 Å². The van der Waals surface area contributed by atoms with E-state index in [1.54, 1.807) is 0 Å². The molecule has 1 saturated heterocycles. The molecule has 3 aliphatic rings. The lowest BCUT2D eigenvalue weighted by atomic mass is 9.69. The third-order valence-electron chi connectivity index (χ3n) is 6.13. The average molecular weight is 293 g/mol. The predicted molar refractivity (Wildman–Crippen MR) is 89.6 cm³/mol. The van der Waals surface area contributed by atoms with Crippen LogP contribution in [0.5, 0.6) is 0 Å². The Kier molecular flexibility index (Phi) is 4.92. The monoisotopic (exact) mass is 293 g/mol. The first-order valence-corrected chi connectivity index (χ1v) is 9.22. The molecule has 2 aliphatic carbocycles. The van der Waals surface area contributed by atoms with Crippen LogP contribution in [0.4, 0.5) is 0 Å². The molecule has 0 aromatic rings. The molecule has 3 heteroatoms. The van der Waals surface area contributed by atoms with Gasteiger partial charge in [-0.1, -0.05) is 19.8 Å². The van der Waals surface area contributed by atoms with E-state index in [9.17, 15) is 0 Å². The average Bonchev–Trinajstić information content (AvgIpc) is 3.25. The number of hydrogen-bond donors (Lipinski definition) is 1.